The van der Waals surface area contributed by atoms with Crippen LogP contribution in [0.4, 0.5) is 5.69 Å². The fourth-order valence-electron chi connectivity index (χ4n) is 2.40. The molecule has 0 unspecified atom stereocenters. The van der Waals surface area contributed by atoms with Crippen LogP contribution in [0.15, 0.2) is 27.7 Å². The van der Waals surface area contributed by atoms with E-state index in [9.17, 15) is 0 Å². The van der Waals surface area contributed by atoms with Crippen molar-refractivity contribution in [2.24, 2.45) is 5.11 Å². The Bertz CT molecular complexity index is 594. The molecule has 0 spiro atoms. The molecule has 2 aromatic rings. The maximum Gasteiger partial charge on any atom is 0.144 e. The highest BCUT2D eigenvalue weighted by Gasteiger charge is 2.18. The summed E-state index contributed by atoms with van der Waals surface area (Å²) in [5.74, 6) is 1.07. The van der Waals surface area contributed by atoms with Gasteiger partial charge in [-0.2, -0.15) is 0 Å². The Kier molecular flexibility index (Phi) is 2.08. The fraction of sp³-hybridized carbons (Fsp3) is 0.333. The summed E-state index contributed by atoms with van der Waals surface area (Å²) in [6, 6.07) is 5.74. The van der Waals surface area contributed by atoms with E-state index in [2.05, 4.69) is 10.0 Å². The van der Waals surface area contributed by atoms with Crippen LogP contribution in [0.3, 0.4) is 0 Å². The monoisotopic (exact) mass is 213 g/mol. The minimum atomic E-state index is 0.592. The Morgan fingerprint density at radius 2 is 2.12 bits per heavy atom. The number of para-hydroxylation sites is 1. The molecule has 1 aliphatic rings. The molecule has 0 aliphatic heterocycles. The molecule has 80 valence electrons. The van der Waals surface area contributed by atoms with Gasteiger partial charge in [0.2, 0.25) is 0 Å². The third kappa shape index (κ3) is 1.27. The Hall–Kier alpha value is -1.93. The lowest BCUT2D eigenvalue weighted by Gasteiger charge is -2.08. The zero-order valence-corrected chi connectivity index (χ0v) is 8.81. The average molecular weight is 213 g/mol. The average Bonchev–Trinajstić information content (AvgIpc) is 2.69. The quantitative estimate of drug-likeness (QED) is 0.396. The molecule has 0 amide bonds. The third-order valence-corrected chi connectivity index (χ3v) is 3.11. The Morgan fingerprint density at radius 3 is 3.00 bits per heavy atom. The van der Waals surface area contributed by atoms with Gasteiger partial charge in [0.25, 0.3) is 0 Å². The summed E-state index contributed by atoms with van der Waals surface area (Å²) in [4.78, 5) is 2.83. The summed E-state index contributed by atoms with van der Waals surface area (Å²) in [7, 11) is 0. The number of furan rings is 1. The molecule has 4 heteroatoms. The zero-order valence-electron chi connectivity index (χ0n) is 8.81. The van der Waals surface area contributed by atoms with E-state index in [1.54, 1.807) is 6.07 Å². The molecule has 1 aliphatic carbocycles. The van der Waals surface area contributed by atoms with E-state index in [1.807, 2.05) is 12.1 Å². The van der Waals surface area contributed by atoms with Gasteiger partial charge in [0.15, 0.2) is 0 Å². The lowest BCUT2D eigenvalue weighted by molar-refractivity contribution is 0.506. The van der Waals surface area contributed by atoms with Crippen LogP contribution in [0.2, 0.25) is 0 Å². The van der Waals surface area contributed by atoms with Gasteiger partial charge in [-0.1, -0.05) is 17.2 Å². The highest BCUT2D eigenvalue weighted by atomic mass is 16.3. The minimum absolute atomic E-state index is 0.592. The van der Waals surface area contributed by atoms with Gasteiger partial charge in [-0.3, -0.25) is 0 Å². The van der Waals surface area contributed by atoms with Gasteiger partial charge in [0, 0.05) is 22.3 Å². The smallest absolute Gasteiger partial charge is 0.144 e. The number of benzene rings is 1. The first kappa shape index (κ1) is 9.31. The second kappa shape index (κ2) is 3.58. The van der Waals surface area contributed by atoms with Crippen molar-refractivity contribution in [3.63, 3.8) is 0 Å². The topological polar surface area (TPSA) is 61.9 Å². The predicted molar refractivity (Wildman–Crippen MR) is 61.7 cm³/mol. The van der Waals surface area contributed by atoms with E-state index in [-0.39, 0.29) is 0 Å². The number of azide groups is 1. The molecule has 0 N–H and O–H groups in total. The summed E-state index contributed by atoms with van der Waals surface area (Å²) in [5, 5.41) is 4.78. The van der Waals surface area contributed by atoms with Gasteiger partial charge in [-0.25, -0.2) is 0 Å². The molecule has 4 nitrogen and oxygen atoms in total. The van der Waals surface area contributed by atoms with Crippen molar-refractivity contribution in [3.05, 3.63) is 40.0 Å². The molecule has 16 heavy (non-hydrogen) atoms. The van der Waals surface area contributed by atoms with Crippen LogP contribution >= 0.6 is 0 Å². The number of aryl methyl sites for hydroxylation is 2. The van der Waals surface area contributed by atoms with E-state index in [0.717, 1.165) is 29.6 Å². The molecule has 0 radical (unpaired) electrons. The standard InChI is InChI=1S/C12H11N3O/c13-15-14-10-6-3-5-9-8-4-1-2-7-11(8)16-12(9)10/h3,5-6H,1-2,4,7H2. The van der Waals surface area contributed by atoms with Gasteiger partial charge in [-0.05, 0) is 30.9 Å². The summed E-state index contributed by atoms with van der Waals surface area (Å²) < 4.78 is 5.81. The van der Waals surface area contributed by atoms with Crippen LogP contribution < -0.4 is 0 Å². The molecular formula is C12H11N3O. The first-order chi connectivity index (χ1) is 7.90. The molecule has 1 heterocycles. The predicted octanol–water partition coefficient (Wildman–Crippen LogP) is 4.25. The van der Waals surface area contributed by atoms with Crippen molar-refractivity contribution < 1.29 is 4.42 Å². The van der Waals surface area contributed by atoms with Crippen LogP contribution in [0.5, 0.6) is 0 Å². The normalized spacial score (nSPS) is 14.5. The number of fused-ring (bicyclic) bond motifs is 3. The van der Waals surface area contributed by atoms with Crippen LogP contribution in [0.25, 0.3) is 21.4 Å². The minimum Gasteiger partial charge on any atom is -0.460 e. The molecule has 0 saturated carbocycles. The van der Waals surface area contributed by atoms with E-state index in [0.29, 0.717) is 5.69 Å². The first-order valence-corrected chi connectivity index (χ1v) is 5.48. The Labute approximate surface area is 92.5 Å². The van der Waals surface area contributed by atoms with Crippen LogP contribution in [0.1, 0.15) is 24.2 Å². The molecule has 0 fully saturated rings. The van der Waals surface area contributed by atoms with Crippen molar-refractivity contribution in [2.75, 3.05) is 0 Å². The molecule has 1 aromatic heterocycles. The van der Waals surface area contributed by atoms with E-state index >= 15 is 0 Å². The van der Waals surface area contributed by atoms with Crippen molar-refractivity contribution in [1.82, 2.24) is 0 Å². The number of nitrogens with zero attached hydrogens (tertiary/aromatic N) is 3. The van der Waals surface area contributed by atoms with E-state index in [1.165, 1.54) is 18.4 Å². The van der Waals surface area contributed by atoms with Gasteiger partial charge in [0.1, 0.15) is 11.3 Å². The molecule has 0 saturated heterocycles. The molecule has 0 bridgehead atoms. The van der Waals surface area contributed by atoms with E-state index in [4.69, 9.17) is 9.95 Å². The molecule has 1 aromatic carbocycles. The fourth-order valence-corrected chi connectivity index (χ4v) is 2.40. The van der Waals surface area contributed by atoms with Gasteiger partial charge in [-0.15, -0.1) is 0 Å². The van der Waals surface area contributed by atoms with Crippen molar-refractivity contribution in [3.8, 4) is 0 Å². The highest BCUT2D eigenvalue weighted by molar-refractivity contribution is 5.91. The Morgan fingerprint density at radius 1 is 1.25 bits per heavy atom. The number of hydrogen-bond acceptors (Lipinski definition) is 2. The summed E-state index contributed by atoms with van der Waals surface area (Å²) in [6.07, 6.45) is 4.47. The van der Waals surface area contributed by atoms with E-state index < -0.39 is 0 Å². The number of hydrogen-bond donors (Lipinski definition) is 0. The van der Waals surface area contributed by atoms with Gasteiger partial charge >= 0.3 is 0 Å². The second-order valence-corrected chi connectivity index (χ2v) is 4.05. The van der Waals surface area contributed by atoms with Gasteiger partial charge in [0.05, 0.1) is 5.69 Å². The largest absolute Gasteiger partial charge is 0.460 e. The van der Waals surface area contributed by atoms with Crippen LogP contribution in [-0.2, 0) is 12.8 Å². The maximum absolute atomic E-state index is 8.50. The number of rotatable bonds is 1. The second-order valence-electron chi connectivity index (χ2n) is 4.05. The maximum atomic E-state index is 8.50. The van der Waals surface area contributed by atoms with Crippen molar-refractivity contribution in [1.29, 1.82) is 0 Å². The highest BCUT2D eigenvalue weighted by Crippen LogP contribution is 2.36. The third-order valence-electron chi connectivity index (χ3n) is 3.11. The summed E-state index contributed by atoms with van der Waals surface area (Å²) >= 11 is 0. The lowest BCUT2D eigenvalue weighted by atomic mass is 9.96. The summed E-state index contributed by atoms with van der Waals surface area (Å²) in [6.45, 7) is 0. The SMILES string of the molecule is [N-]=[N+]=Nc1cccc2c3c(oc12)CCCC3. The Balaban J connectivity index is 2.32. The lowest BCUT2D eigenvalue weighted by Crippen LogP contribution is -1.98. The first-order valence-electron chi connectivity index (χ1n) is 5.48. The van der Waals surface area contributed by atoms with Gasteiger partial charge < -0.3 is 4.42 Å². The molecule has 3 rings (SSSR count). The van der Waals surface area contributed by atoms with Crippen LogP contribution in [-0.4, -0.2) is 0 Å². The van der Waals surface area contributed by atoms with Crippen LogP contribution in [0, 0.1) is 0 Å². The van der Waals surface area contributed by atoms with Crippen molar-refractivity contribution in [2.45, 2.75) is 25.7 Å². The molecular weight excluding hydrogens is 202 g/mol. The van der Waals surface area contributed by atoms with Crippen molar-refractivity contribution >= 4 is 16.7 Å². The zero-order chi connectivity index (χ0) is 11.0. The summed E-state index contributed by atoms with van der Waals surface area (Å²) in [5.41, 5.74) is 11.1. The molecule has 0 atom stereocenters.